The maximum atomic E-state index is 14.4. The molecule has 0 spiro atoms. The van der Waals surface area contributed by atoms with Gasteiger partial charge in [0.05, 0.1) is 12.2 Å². The molecule has 0 aliphatic carbocycles. The van der Waals surface area contributed by atoms with Crippen molar-refractivity contribution < 1.29 is 18.4 Å². The molecule has 2 saturated heterocycles. The van der Waals surface area contributed by atoms with Crippen LogP contribution in [-0.2, 0) is 9.59 Å². The van der Waals surface area contributed by atoms with Crippen LogP contribution in [0.1, 0.15) is 12.8 Å². The summed E-state index contributed by atoms with van der Waals surface area (Å²) < 4.78 is 27.5. The van der Waals surface area contributed by atoms with Gasteiger partial charge in [-0.1, -0.05) is 0 Å². The lowest BCUT2D eigenvalue weighted by Gasteiger charge is -2.36. The summed E-state index contributed by atoms with van der Waals surface area (Å²) >= 11 is 0. The Morgan fingerprint density at radius 3 is 2.33 bits per heavy atom. The van der Waals surface area contributed by atoms with Crippen LogP contribution in [0.15, 0.2) is 42.5 Å². The number of hydrogen-bond donors (Lipinski definition) is 1. The van der Waals surface area contributed by atoms with E-state index in [4.69, 9.17) is 0 Å². The molecule has 2 heterocycles. The van der Waals surface area contributed by atoms with Crippen LogP contribution in [0.25, 0.3) is 0 Å². The molecule has 0 atom stereocenters. The molecule has 2 amide bonds. The second-order valence-electron chi connectivity index (χ2n) is 7.51. The van der Waals surface area contributed by atoms with Crippen molar-refractivity contribution in [3.8, 4) is 0 Å². The van der Waals surface area contributed by atoms with Gasteiger partial charge in [0.2, 0.25) is 11.8 Å². The Labute approximate surface area is 174 Å². The zero-order valence-electron chi connectivity index (χ0n) is 16.6. The molecule has 2 aliphatic heterocycles. The molecule has 0 bridgehead atoms. The fourth-order valence-electron chi connectivity index (χ4n) is 3.89. The molecule has 0 radical (unpaired) electrons. The highest BCUT2D eigenvalue weighted by Gasteiger charge is 2.25. The molecule has 4 rings (SSSR count). The number of rotatable bonds is 5. The molecule has 1 N–H and O–H groups in total. The topological polar surface area (TPSA) is 55.9 Å². The molecule has 6 nitrogen and oxygen atoms in total. The number of piperazine rings is 1. The van der Waals surface area contributed by atoms with Crippen molar-refractivity contribution in [2.24, 2.45) is 0 Å². The Bertz CT molecular complexity index is 927. The number of benzene rings is 2. The molecule has 0 saturated carbocycles. The minimum Gasteiger partial charge on any atom is -0.376 e. The summed E-state index contributed by atoms with van der Waals surface area (Å²) in [7, 11) is 0. The minimum absolute atomic E-state index is 0.0621. The van der Waals surface area contributed by atoms with Crippen LogP contribution >= 0.6 is 0 Å². The van der Waals surface area contributed by atoms with Gasteiger partial charge in [0.15, 0.2) is 0 Å². The number of hydrogen-bond acceptors (Lipinski definition) is 4. The molecular formula is C22H24F2N4O2. The van der Waals surface area contributed by atoms with Gasteiger partial charge >= 0.3 is 0 Å². The summed E-state index contributed by atoms with van der Waals surface area (Å²) in [6.45, 7) is 3.09. The van der Waals surface area contributed by atoms with E-state index >= 15 is 0 Å². The van der Waals surface area contributed by atoms with Crippen LogP contribution in [0.3, 0.4) is 0 Å². The predicted molar refractivity (Wildman–Crippen MR) is 112 cm³/mol. The molecule has 0 aromatic heterocycles. The zero-order valence-corrected chi connectivity index (χ0v) is 16.6. The van der Waals surface area contributed by atoms with Gasteiger partial charge in [-0.15, -0.1) is 0 Å². The first-order chi connectivity index (χ1) is 14.5. The predicted octanol–water partition coefficient (Wildman–Crippen LogP) is 2.85. The Balaban J connectivity index is 1.28. The second-order valence-corrected chi connectivity index (χ2v) is 7.51. The summed E-state index contributed by atoms with van der Waals surface area (Å²) in [5.41, 5.74) is 1.72. The average Bonchev–Trinajstić information content (AvgIpc) is 3.18. The highest BCUT2D eigenvalue weighted by Crippen LogP contribution is 2.26. The number of amides is 2. The number of carbonyl (C=O) groups is 2. The molecule has 158 valence electrons. The maximum Gasteiger partial charge on any atom is 0.241 e. The number of anilines is 3. The van der Waals surface area contributed by atoms with Crippen LogP contribution in [-0.4, -0.2) is 56.0 Å². The summed E-state index contributed by atoms with van der Waals surface area (Å²) in [6.07, 6.45) is 1.18. The van der Waals surface area contributed by atoms with Crippen molar-refractivity contribution in [2.75, 3.05) is 54.4 Å². The highest BCUT2D eigenvalue weighted by atomic mass is 19.1. The molecule has 2 aromatic rings. The van der Waals surface area contributed by atoms with Crippen molar-refractivity contribution >= 4 is 28.9 Å². The first kappa shape index (κ1) is 20.1. The molecule has 2 aromatic carbocycles. The minimum atomic E-state index is -0.476. The van der Waals surface area contributed by atoms with Gasteiger partial charge in [0, 0.05) is 50.5 Å². The third-order valence-electron chi connectivity index (χ3n) is 5.58. The summed E-state index contributed by atoms with van der Waals surface area (Å²) in [4.78, 5) is 29.7. The Morgan fingerprint density at radius 1 is 0.967 bits per heavy atom. The number of carbonyl (C=O) groups excluding carboxylic acids is 2. The smallest absolute Gasteiger partial charge is 0.241 e. The molecular weight excluding hydrogens is 390 g/mol. The summed E-state index contributed by atoms with van der Waals surface area (Å²) in [5.74, 6) is -0.872. The average molecular weight is 414 g/mol. The molecule has 2 aliphatic rings. The standard InChI is InChI=1S/C22H24F2N4O2/c23-16-3-6-18(7-4-16)26-10-12-27(13-11-26)22(30)15-25-17-5-8-20(19(24)14-17)28-9-1-2-21(28)29/h3-8,14,25H,1-2,9-13,15H2. The van der Waals surface area contributed by atoms with Gasteiger partial charge in [0.25, 0.3) is 0 Å². The first-order valence-corrected chi connectivity index (χ1v) is 10.1. The fourth-order valence-corrected chi connectivity index (χ4v) is 3.89. The molecule has 8 heteroatoms. The summed E-state index contributed by atoms with van der Waals surface area (Å²) in [5, 5.41) is 2.97. The van der Waals surface area contributed by atoms with Gasteiger partial charge in [-0.3, -0.25) is 9.59 Å². The van der Waals surface area contributed by atoms with E-state index in [0.717, 1.165) is 12.1 Å². The van der Waals surface area contributed by atoms with E-state index in [-0.39, 0.29) is 29.9 Å². The van der Waals surface area contributed by atoms with Crippen LogP contribution in [0, 0.1) is 11.6 Å². The third-order valence-corrected chi connectivity index (χ3v) is 5.58. The number of halogens is 2. The highest BCUT2D eigenvalue weighted by molar-refractivity contribution is 5.95. The Morgan fingerprint density at radius 2 is 1.70 bits per heavy atom. The van der Waals surface area contributed by atoms with Crippen LogP contribution < -0.4 is 15.1 Å². The first-order valence-electron chi connectivity index (χ1n) is 10.1. The summed E-state index contributed by atoms with van der Waals surface area (Å²) in [6, 6.07) is 10.9. The Kier molecular flexibility index (Phi) is 5.83. The monoisotopic (exact) mass is 414 g/mol. The lowest BCUT2D eigenvalue weighted by molar-refractivity contribution is -0.129. The second kappa shape index (κ2) is 8.69. The van der Waals surface area contributed by atoms with Crippen LogP contribution in [0.2, 0.25) is 0 Å². The van der Waals surface area contributed by atoms with Gasteiger partial charge in [-0.05, 0) is 48.9 Å². The van der Waals surface area contributed by atoms with Gasteiger partial charge in [0.1, 0.15) is 11.6 Å². The van der Waals surface area contributed by atoms with Gasteiger partial charge in [-0.25, -0.2) is 8.78 Å². The van der Waals surface area contributed by atoms with E-state index in [1.165, 1.54) is 23.1 Å². The van der Waals surface area contributed by atoms with Crippen molar-refractivity contribution in [1.29, 1.82) is 0 Å². The van der Waals surface area contributed by atoms with E-state index in [2.05, 4.69) is 10.2 Å². The lowest BCUT2D eigenvalue weighted by atomic mass is 10.2. The number of nitrogens with zero attached hydrogens (tertiary/aromatic N) is 3. The van der Waals surface area contributed by atoms with Crippen LogP contribution in [0.5, 0.6) is 0 Å². The van der Waals surface area contributed by atoms with Crippen molar-refractivity contribution in [3.63, 3.8) is 0 Å². The van der Waals surface area contributed by atoms with Gasteiger partial charge < -0.3 is 20.0 Å². The molecule has 30 heavy (non-hydrogen) atoms. The van der Waals surface area contributed by atoms with Crippen molar-refractivity contribution in [1.82, 2.24) is 4.90 Å². The van der Waals surface area contributed by atoms with E-state index in [9.17, 15) is 18.4 Å². The third kappa shape index (κ3) is 4.37. The van der Waals surface area contributed by atoms with E-state index < -0.39 is 5.82 Å². The molecule has 2 fully saturated rings. The quantitative estimate of drug-likeness (QED) is 0.818. The number of nitrogens with one attached hydrogen (secondary N) is 1. The van der Waals surface area contributed by atoms with Crippen molar-refractivity contribution in [2.45, 2.75) is 12.8 Å². The molecule has 0 unspecified atom stereocenters. The van der Waals surface area contributed by atoms with Gasteiger partial charge in [-0.2, -0.15) is 0 Å². The fraction of sp³-hybridized carbons (Fsp3) is 0.364. The lowest BCUT2D eigenvalue weighted by Crippen LogP contribution is -2.50. The van der Waals surface area contributed by atoms with E-state index in [1.54, 1.807) is 29.2 Å². The van der Waals surface area contributed by atoms with E-state index in [0.29, 0.717) is 44.8 Å². The SMILES string of the molecule is O=C(CNc1ccc(N2CCCC2=O)c(F)c1)N1CCN(c2ccc(F)cc2)CC1. The maximum absolute atomic E-state index is 14.4. The normalized spacial score (nSPS) is 16.9. The van der Waals surface area contributed by atoms with Crippen molar-refractivity contribution in [3.05, 3.63) is 54.1 Å². The Hall–Kier alpha value is -3.16. The largest absolute Gasteiger partial charge is 0.376 e. The zero-order chi connectivity index (χ0) is 21.1. The van der Waals surface area contributed by atoms with E-state index in [1.807, 2.05) is 0 Å². The van der Waals surface area contributed by atoms with Crippen LogP contribution in [0.4, 0.5) is 25.8 Å².